The SMILES string of the molecule is O=C(Nc1cc2ccc(=O)[nH]c2c(N2CCC(F)(F)CC2)n1)c1ccc(NS(=O)(=O)CCO)cc1N1CCC2(CC1)CC2. The quantitative estimate of drug-likeness (QED) is 0.301. The molecule has 43 heavy (non-hydrogen) atoms. The van der Waals surface area contributed by atoms with E-state index >= 15 is 0 Å². The Labute approximate surface area is 247 Å². The number of pyridine rings is 2. The number of rotatable bonds is 8. The molecule has 1 spiro atoms. The summed E-state index contributed by atoms with van der Waals surface area (Å²) in [6, 6.07) is 9.23. The average molecular weight is 617 g/mol. The molecule has 0 unspecified atom stereocenters. The Morgan fingerprint density at radius 3 is 2.35 bits per heavy atom. The maximum Gasteiger partial charge on any atom is 0.258 e. The first-order valence-electron chi connectivity index (χ1n) is 14.4. The van der Waals surface area contributed by atoms with Crippen molar-refractivity contribution in [2.75, 3.05) is 58.4 Å². The van der Waals surface area contributed by atoms with Gasteiger partial charge in [-0.2, -0.15) is 0 Å². The fourth-order valence-electron chi connectivity index (χ4n) is 5.96. The summed E-state index contributed by atoms with van der Waals surface area (Å²) in [5.41, 5.74) is 1.59. The van der Waals surface area contributed by atoms with Gasteiger partial charge in [-0.1, -0.05) is 0 Å². The molecule has 4 heterocycles. The fraction of sp³-hybridized carbons (Fsp3) is 0.483. The van der Waals surface area contributed by atoms with Crippen molar-refractivity contribution in [1.29, 1.82) is 0 Å². The third-order valence-electron chi connectivity index (χ3n) is 8.73. The minimum Gasteiger partial charge on any atom is -0.395 e. The Morgan fingerprint density at radius 2 is 1.67 bits per heavy atom. The van der Waals surface area contributed by atoms with Gasteiger partial charge in [0, 0.05) is 50.5 Å². The van der Waals surface area contributed by atoms with Crippen molar-refractivity contribution >= 4 is 49.8 Å². The van der Waals surface area contributed by atoms with Gasteiger partial charge in [0.15, 0.2) is 5.82 Å². The molecular formula is C29H34F2N6O5S. The van der Waals surface area contributed by atoms with Crippen LogP contribution in [0.2, 0.25) is 0 Å². The third-order valence-corrected chi connectivity index (χ3v) is 9.99. The van der Waals surface area contributed by atoms with E-state index in [0.29, 0.717) is 33.4 Å². The topological polar surface area (TPSA) is 148 Å². The number of H-pyrrole nitrogens is 1. The molecule has 4 N–H and O–H groups in total. The van der Waals surface area contributed by atoms with E-state index in [1.807, 2.05) is 0 Å². The molecule has 14 heteroatoms. The summed E-state index contributed by atoms with van der Waals surface area (Å²) in [5.74, 6) is -3.20. The van der Waals surface area contributed by atoms with E-state index in [-0.39, 0.29) is 43.0 Å². The second-order valence-electron chi connectivity index (χ2n) is 11.8. The number of amides is 1. The van der Waals surface area contributed by atoms with Crippen LogP contribution in [-0.2, 0) is 10.0 Å². The van der Waals surface area contributed by atoms with Crippen molar-refractivity contribution < 1.29 is 27.1 Å². The monoisotopic (exact) mass is 616 g/mol. The molecule has 1 amide bonds. The maximum absolute atomic E-state index is 13.9. The molecule has 0 atom stereocenters. The lowest BCUT2D eigenvalue weighted by atomic mass is 9.93. The van der Waals surface area contributed by atoms with Crippen molar-refractivity contribution in [1.82, 2.24) is 9.97 Å². The van der Waals surface area contributed by atoms with E-state index in [1.54, 1.807) is 29.2 Å². The standard InChI is InChI=1S/C29H34F2N6O5S/c30-29(31)9-13-37(14-10-29)26-25-19(1-4-24(39)34-25)17-23(32-26)33-27(40)21-3-2-20(35-43(41,42)16-15-38)18-22(21)36-11-7-28(5-6-28)8-12-36/h1-4,17-18,35,38H,5-16H2,(H,34,39)(H,32,33,40). The lowest BCUT2D eigenvalue weighted by molar-refractivity contribution is -0.0221. The van der Waals surface area contributed by atoms with Crippen molar-refractivity contribution in [2.45, 2.75) is 44.4 Å². The molecule has 2 saturated heterocycles. The van der Waals surface area contributed by atoms with E-state index < -0.39 is 34.2 Å². The predicted octanol–water partition coefficient (Wildman–Crippen LogP) is 3.53. The van der Waals surface area contributed by atoms with E-state index in [1.165, 1.54) is 25.0 Å². The minimum atomic E-state index is -3.78. The summed E-state index contributed by atoms with van der Waals surface area (Å²) in [6.07, 6.45) is 3.67. The van der Waals surface area contributed by atoms with Gasteiger partial charge in [-0.15, -0.1) is 0 Å². The van der Waals surface area contributed by atoms with Gasteiger partial charge in [-0.05, 0) is 61.4 Å². The second kappa shape index (κ2) is 11.1. The number of fused-ring (bicyclic) bond motifs is 1. The average Bonchev–Trinajstić information content (AvgIpc) is 3.71. The maximum atomic E-state index is 13.9. The summed E-state index contributed by atoms with van der Waals surface area (Å²) in [6.45, 7) is 0.998. The highest BCUT2D eigenvalue weighted by atomic mass is 32.2. The summed E-state index contributed by atoms with van der Waals surface area (Å²) in [5, 5.41) is 12.5. The van der Waals surface area contributed by atoms with Gasteiger partial charge in [-0.25, -0.2) is 22.2 Å². The molecule has 1 saturated carbocycles. The summed E-state index contributed by atoms with van der Waals surface area (Å²) in [7, 11) is -3.78. The normalized spacial score (nSPS) is 19.4. The van der Waals surface area contributed by atoms with Crippen LogP contribution in [0.5, 0.6) is 0 Å². The molecule has 11 nitrogen and oxygen atoms in total. The Kier molecular flexibility index (Phi) is 7.53. The van der Waals surface area contributed by atoms with Gasteiger partial charge in [0.1, 0.15) is 5.82 Å². The number of aromatic nitrogens is 2. The number of sulfonamides is 1. The van der Waals surface area contributed by atoms with Crippen molar-refractivity contribution in [2.24, 2.45) is 5.41 Å². The largest absolute Gasteiger partial charge is 0.395 e. The number of piperidine rings is 2. The number of aliphatic hydroxyl groups excluding tert-OH is 1. The van der Waals surface area contributed by atoms with Crippen LogP contribution >= 0.6 is 0 Å². The molecule has 0 bridgehead atoms. The Hall–Kier alpha value is -3.78. The number of aromatic amines is 1. The van der Waals surface area contributed by atoms with E-state index in [2.05, 4.69) is 24.9 Å². The van der Waals surface area contributed by atoms with Crippen molar-refractivity contribution in [3.8, 4) is 0 Å². The number of aliphatic hydroxyl groups is 1. The van der Waals surface area contributed by atoms with Crippen LogP contribution in [0.25, 0.3) is 10.9 Å². The first-order valence-corrected chi connectivity index (χ1v) is 16.1. The van der Waals surface area contributed by atoms with Gasteiger partial charge in [0.25, 0.3) is 11.8 Å². The highest BCUT2D eigenvalue weighted by molar-refractivity contribution is 7.92. The highest BCUT2D eigenvalue weighted by Gasteiger charge is 2.44. The number of benzene rings is 1. The minimum absolute atomic E-state index is 0.0394. The molecule has 230 valence electrons. The molecule has 3 fully saturated rings. The number of nitrogens with zero attached hydrogens (tertiary/aromatic N) is 3. The van der Waals surface area contributed by atoms with Crippen LogP contribution in [0.3, 0.4) is 0 Å². The second-order valence-corrected chi connectivity index (χ2v) is 13.6. The molecule has 3 aromatic rings. The molecule has 6 rings (SSSR count). The zero-order valence-corrected chi connectivity index (χ0v) is 24.4. The van der Waals surface area contributed by atoms with Crippen LogP contribution in [-0.4, -0.2) is 73.9 Å². The van der Waals surface area contributed by atoms with Crippen LogP contribution < -0.4 is 25.4 Å². The zero-order valence-electron chi connectivity index (χ0n) is 23.5. The number of halogens is 2. The molecule has 1 aromatic carbocycles. The van der Waals surface area contributed by atoms with E-state index in [0.717, 1.165) is 25.9 Å². The number of hydrogen-bond donors (Lipinski definition) is 4. The summed E-state index contributed by atoms with van der Waals surface area (Å²) >= 11 is 0. The first-order chi connectivity index (χ1) is 20.4. The Balaban J connectivity index is 1.32. The van der Waals surface area contributed by atoms with Crippen molar-refractivity contribution in [3.05, 3.63) is 52.3 Å². The smallest absolute Gasteiger partial charge is 0.258 e. The predicted molar refractivity (Wildman–Crippen MR) is 161 cm³/mol. The van der Waals surface area contributed by atoms with Crippen molar-refractivity contribution in [3.63, 3.8) is 0 Å². The van der Waals surface area contributed by atoms with Gasteiger partial charge < -0.3 is 25.2 Å². The van der Waals surface area contributed by atoms with E-state index in [9.17, 15) is 26.8 Å². The number of anilines is 4. The molecule has 3 aliphatic rings. The molecule has 2 aromatic heterocycles. The van der Waals surface area contributed by atoms with Crippen LogP contribution in [0.15, 0.2) is 41.2 Å². The lowest BCUT2D eigenvalue weighted by Gasteiger charge is -2.35. The molecule has 1 aliphatic carbocycles. The Bertz CT molecular complexity index is 1710. The number of carbonyl (C=O) groups is 1. The molecule has 2 aliphatic heterocycles. The number of alkyl halides is 2. The third kappa shape index (κ3) is 6.44. The lowest BCUT2D eigenvalue weighted by Crippen LogP contribution is -2.40. The number of hydrogen-bond acceptors (Lipinski definition) is 8. The van der Waals surface area contributed by atoms with Crippen LogP contribution in [0.4, 0.5) is 31.8 Å². The summed E-state index contributed by atoms with van der Waals surface area (Å²) < 4.78 is 54.9. The van der Waals surface area contributed by atoms with Gasteiger partial charge in [0.05, 0.1) is 34.8 Å². The van der Waals surface area contributed by atoms with E-state index in [4.69, 9.17) is 5.11 Å². The summed E-state index contributed by atoms with van der Waals surface area (Å²) in [4.78, 5) is 37.0. The van der Waals surface area contributed by atoms with Crippen LogP contribution in [0, 0.1) is 5.41 Å². The number of nitrogens with one attached hydrogen (secondary N) is 3. The van der Waals surface area contributed by atoms with Gasteiger partial charge >= 0.3 is 0 Å². The first kappa shape index (κ1) is 29.3. The van der Waals surface area contributed by atoms with Gasteiger partial charge in [-0.3, -0.25) is 14.3 Å². The van der Waals surface area contributed by atoms with Gasteiger partial charge in [0.2, 0.25) is 15.6 Å². The molecule has 0 radical (unpaired) electrons. The highest BCUT2D eigenvalue weighted by Crippen LogP contribution is 2.54. The zero-order chi connectivity index (χ0) is 30.4. The Morgan fingerprint density at radius 1 is 0.977 bits per heavy atom. The number of carbonyl (C=O) groups excluding carboxylic acids is 1. The van der Waals surface area contributed by atoms with Crippen LogP contribution in [0.1, 0.15) is 48.9 Å². The fourth-order valence-corrected chi connectivity index (χ4v) is 6.79. The molecular weight excluding hydrogens is 582 g/mol.